The summed E-state index contributed by atoms with van der Waals surface area (Å²) in [6.45, 7) is 0.297. The van der Waals surface area contributed by atoms with Gasteiger partial charge in [-0.05, 0) is 17.0 Å². The number of hydroxylamine groups is 1. The number of amides is 2. The molecule has 2 aromatic heterocycles. The average Bonchev–Trinajstić information content (AvgIpc) is 3.28. The SMILES string of the molecule is O=C(Cc1csc(NC(=O)c2cccs2)n1)NOCc1ccccc1. The van der Waals surface area contributed by atoms with Gasteiger partial charge in [-0.2, -0.15) is 0 Å². The molecule has 0 saturated heterocycles. The van der Waals surface area contributed by atoms with Gasteiger partial charge in [0.15, 0.2) is 5.13 Å². The fraction of sp³-hybridized carbons (Fsp3) is 0.118. The van der Waals surface area contributed by atoms with Crippen molar-refractivity contribution in [2.24, 2.45) is 0 Å². The second-order valence-corrected chi connectivity index (χ2v) is 6.86. The quantitative estimate of drug-likeness (QED) is 0.623. The molecule has 2 amide bonds. The maximum Gasteiger partial charge on any atom is 0.267 e. The molecule has 2 heterocycles. The number of carbonyl (C=O) groups excluding carboxylic acids is 2. The van der Waals surface area contributed by atoms with Gasteiger partial charge in [0.05, 0.1) is 23.6 Å². The molecule has 0 spiro atoms. The first-order valence-electron chi connectivity index (χ1n) is 7.44. The molecular weight excluding hydrogens is 358 g/mol. The van der Waals surface area contributed by atoms with Crippen molar-refractivity contribution >= 4 is 39.6 Å². The van der Waals surface area contributed by atoms with E-state index in [1.165, 1.54) is 22.7 Å². The number of rotatable bonds is 7. The van der Waals surface area contributed by atoms with Gasteiger partial charge in [-0.3, -0.25) is 19.7 Å². The van der Waals surface area contributed by atoms with Gasteiger partial charge in [0.1, 0.15) is 0 Å². The molecule has 25 heavy (non-hydrogen) atoms. The van der Waals surface area contributed by atoms with Crippen LogP contribution in [-0.2, 0) is 22.7 Å². The molecule has 6 nitrogen and oxygen atoms in total. The summed E-state index contributed by atoms with van der Waals surface area (Å²) in [5.41, 5.74) is 3.94. The third-order valence-electron chi connectivity index (χ3n) is 3.13. The molecule has 8 heteroatoms. The number of nitrogens with one attached hydrogen (secondary N) is 2. The van der Waals surface area contributed by atoms with Crippen LogP contribution >= 0.6 is 22.7 Å². The summed E-state index contributed by atoms with van der Waals surface area (Å²) >= 11 is 2.64. The fourth-order valence-corrected chi connectivity index (χ4v) is 3.31. The predicted octanol–water partition coefficient (Wildman–Crippen LogP) is 3.25. The van der Waals surface area contributed by atoms with E-state index in [1.54, 1.807) is 11.4 Å². The molecule has 0 aliphatic heterocycles. The van der Waals surface area contributed by atoms with Crippen LogP contribution in [0.25, 0.3) is 0 Å². The molecule has 128 valence electrons. The molecule has 0 aliphatic rings. The van der Waals surface area contributed by atoms with E-state index < -0.39 is 0 Å². The smallest absolute Gasteiger partial charge is 0.267 e. The molecule has 3 rings (SSSR count). The van der Waals surface area contributed by atoms with Crippen molar-refractivity contribution < 1.29 is 14.4 Å². The number of anilines is 1. The molecule has 0 atom stereocenters. The van der Waals surface area contributed by atoms with E-state index >= 15 is 0 Å². The molecule has 2 N–H and O–H groups in total. The van der Waals surface area contributed by atoms with Gasteiger partial charge in [-0.1, -0.05) is 36.4 Å². The van der Waals surface area contributed by atoms with E-state index in [9.17, 15) is 9.59 Å². The average molecular weight is 373 g/mol. The molecular formula is C17H15N3O3S2. The van der Waals surface area contributed by atoms with Crippen LogP contribution in [0.15, 0.2) is 53.2 Å². The highest BCUT2D eigenvalue weighted by Gasteiger charge is 2.11. The van der Waals surface area contributed by atoms with Crippen LogP contribution in [0.3, 0.4) is 0 Å². The van der Waals surface area contributed by atoms with Crippen LogP contribution in [0.4, 0.5) is 5.13 Å². The number of aromatic nitrogens is 1. The van der Waals surface area contributed by atoms with Crippen molar-refractivity contribution in [2.75, 3.05) is 5.32 Å². The summed E-state index contributed by atoms with van der Waals surface area (Å²) in [6, 6.07) is 13.1. The Kier molecular flexibility index (Phi) is 5.89. The lowest BCUT2D eigenvalue weighted by Crippen LogP contribution is -2.25. The Hall–Kier alpha value is -2.55. The zero-order valence-corrected chi connectivity index (χ0v) is 14.7. The van der Waals surface area contributed by atoms with Crippen molar-refractivity contribution in [1.82, 2.24) is 10.5 Å². The minimum absolute atomic E-state index is 0.0835. The lowest BCUT2D eigenvalue weighted by Gasteiger charge is -2.05. The van der Waals surface area contributed by atoms with Crippen LogP contribution in [-0.4, -0.2) is 16.8 Å². The number of thiophene rings is 1. The second kappa shape index (κ2) is 8.52. The summed E-state index contributed by atoms with van der Waals surface area (Å²) in [6.07, 6.45) is 0.0835. The third kappa shape index (κ3) is 5.21. The van der Waals surface area contributed by atoms with Crippen molar-refractivity contribution in [1.29, 1.82) is 0 Å². The minimum atomic E-state index is -0.294. The molecule has 0 aliphatic carbocycles. The minimum Gasteiger partial charge on any atom is -0.297 e. The van der Waals surface area contributed by atoms with E-state index in [0.717, 1.165) is 5.56 Å². The van der Waals surface area contributed by atoms with Gasteiger partial charge >= 0.3 is 0 Å². The van der Waals surface area contributed by atoms with Gasteiger partial charge < -0.3 is 0 Å². The lowest BCUT2D eigenvalue weighted by atomic mass is 10.2. The molecule has 0 radical (unpaired) electrons. The normalized spacial score (nSPS) is 10.4. The van der Waals surface area contributed by atoms with Crippen LogP contribution in [0.5, 0.6) is 0 Å². The first-order chi connectivity index (χ1) is 12.2. The Morgan fingerprint density at radius 1 is 1.08 bits per heavy atom. The molecule has 3 aromatic rings. The van der Waals surface area contributed by atoms with E-state index in [1.807, 2.05) is 41.8 Å². The maximum absolute atomic E-state index is 11.9. The first kappa shape index (κ1) is 17.3. The number of hydrogen-bond donors (Lipinski definition) is 2. The van der Waals surface area contributed by atoms with Crippen molar-refractivity contribution in [3.8, 4) is 0 Å². The number of carbonyl (C=O) groups is 2. The van der Waals surface area contributed by atoms with E-state index in [-0.39, 0.29) is 18.2 Å². The van der Waals surface area contributed by atoms with E-state index in [0.29, 0.717) is 22.3 Å². The fourth-order valence-electron chi connectivity index (χ4n) is 1.99. The van der Waals surface area contributed by atoms with E-state index in [4.69, 9.17) is 4.84 Å². The summed E-state index contributed by atoms with van der Waals surface area (Å²) in [5, 5.41) is 6.76. The van der Waals surface area contributed by atoms with Gasteiger partial charge in [-0.25, -0.2) is 10.5 Å². The zero-order chi connectivity index (χ0) is 17.5. The van der Waals surface area contributed by atoms with Crippen molar-refractivity contribution in [3.05, 3.63) is 69.4 Å². The van der Waals surface area contributed by atoms with Gasteiger partial charge in [0, 0.05) is 5.38 Å². The zero-order valence-electron chi connectivity index (χ0n) is 13.1. The van der Waals surface area contributed by atoms with Crippen LogP contribution < -0.4 is 10.8 Å². The van der Waals surface area contributed by atoms with Crippen molar-refractivity contribution in [3.63, 3.8) is 0 Å². The Bertz CT molecular complexity index is 832. The van der Waals surface area contributed by atoms with Gasteiger partial charge in [0.25, 0.3) is 5.91 Å². The molecule has 1 aromatic carbocycles. The first-order valence-corrected chi connectivity index (χ1v) is 9.20. The maximum atomic E-state index is 11.9. The Morgan fingerprint density at radius 3 is 2.68 bits per heavy atom. The summed E-state index contributed by atoms with van der Waals surface area (Å²) in [5.74, 6) is -0.496. The third-order valence-corrected chi connectivity index (χ3v) is 4.80. The van der Waals surface area contributed by atoms with Crippen LogP contribution in [0.1, 0.15) is 20.9 Å². The Labute approximate surface area is 152 Å². The number of benzene rings is 1. The predicted molar refractivity (Wildman–Crippen MR) is 97.5 cm³/mol. The topological polar surface area (TPSA) is 80.3 Å². The standard InChI is InChI=1S/C17H15N3O3S2/c21-15(20-23-10-12-5-2-1-3-6-12)9-13-11-25-17(18-13)19-16(22)14-7-4-8-24-14/h1-8,11H,9-10H2,(H,20,21)(H,18,19,22). The highest BCUT2D eigenvalue weighted by atomic mass is 32.1. The van der Waals surface area contributed by atoms with Crippen LogP contribution in [0, 0.1) is 0 Å². The monoisotopic (exact) mass is 373 g/mol. The number of hydrogen-bond acceptors (Lipinski definition) is 6. The second-order valence-electron chi connectivity index (χ2n) is 5.05. The van der Waals surface area contributed by atoms with Gasteiger partial charge in [-0.15, -0.1) is 22.7 Å². The largest absolute Gasteiger partial charge is 0.297 e. The molecule has 0 fully saturated rings. The highest BCUT2D eigenvalue weighted by Crippen LogP contribution is 2.18. The Balaban J connectivity index is 1.44. The van der Waals surface area contributed by atoms with E-state index in [2.05, 4.69) is 15.8 Å². The summed E-state index contributed by atoms with van der Waals surface area (Å²) < 4.78 is 0. The molecule has 0 saturated carbocycles. The van der Waals surface area contributed by atoms with Gasteiger partial charge in [0.2, 0.25) is 5.91 Å². The number of nitrogens with zero attached hydrogens (tertiary/aromatic N) is 1. The lowest BCUT2D eigenvalue weighted by molar-refractivity contribution is -0.133. The number of thiazole rings is 1. The van der Waals surface area contributed by atoms with Crippen molar-refractivity contribution in [2.45, 2.75) is 13.0 Å². The highest BCUT2D eigenvalue weighted by molar-refractivity contribution is 7.14. The summed E-state index contributed by atoms with van der Waals surface area (Å²) in [4.78, 5) is 33.9. The summed E-state index contributed by atoms with van der Waals surface area (Å²) in [7, 11) is 0. The van der Waals surface area contributed by atoms with Crippen LogP contribution in [0.2, 0.25) is 0 Å². The Morgan fingerprint density at radius 2 is 1.92 bits per heavy atom. The molecule has 0 unspecified atom stereocenters. The molecule has 0 bridgehead atoms.